The Kier molecular flexibility index (Phi) is 7.47. The Morgan fingerprint density at radius 2 is 1.82 bits per heavy atom. The summed E-state index contributed by atoms with van der Waals surface area (Å²) in [4.78, 5) is 25.0. The van der Waals surface area contributed by atoms with Gasteiger partial charge in [-0.1, -0.05) is 29.6 Å². The maximum atomic E-state index is 12.6. The van der Waals surface area contributed by atoms with E-state index < -0.39 is 22.1 Å². The molecule has 7 nitrogen and oxygen atoms in total. The summed E-state index contributed by atoms with van der Waals surface area (Å²) in [6, 6.07) is 7.02. The quantitative estimate of drug-likeness (QED) is 0.436. The van der Waals surface area contributed by atoms with Crippen LogP contribution in [0.25, 0.3) is 0 Å². The molecule has 0 spiro atoms. The van der Waals surface area contributed by atoms with E-state index in [9.17, 15) is 18.0 Å². The summed E-state index contributed by atoms with van der Waals surface area (Å²) in [6.45, 7) is 3.56. The Balaban J connectivity index is 1.31. The number of fused-ring (bicyclic) bond motifs is 2. The highest BCUT2D eigenvalue weighted by Crippen LogP contribution is 2.49. The fraction of sp³-hybridized carbons (Fsp3) is 0.478. The molecule has 0 unspecified atom stereocenters. The minimum absolute atomic E-state index is 0.0443. The lowest BCUT2D eigenvalue weighted by molar-refractivity contribution is -0.130. The van der Waals surface area contributed by atoms with Crippen LogP contribution >= 0.6 is 34.5 Å². The monoisotopic (exact) mass is 544 g/mol. The number of carbonyl (C=O) groups excluding carboxylic acids is 2. The first-order valence-corrected chi connectivity index (χ1v) is 14.2. The second-order valence-corrected chi connectivity index (χ2v) is 13.0. The smallest absolute Gasteiger partial charge is 0.338 e. The topological polar surface area (TPSA) is 102 Å². The lowest BCUT2D eigenvalue weighted by Gasteiger charge is -2.29. The van der Waals surface area contributed by atoms with Gasteiger partial charge < -0.3 is 10.1 Å². The lowest BCUT2D eigenvalue weighted by atomic mass is 9.84. The number of amides is 1. The molecule has 2 saturated carbocycles. The standard InChI is InChI=1S/C23H26Cl2N2O5S2/c1-12(18-10-14-3-4-16(18)9-14)26-22(28)13(2)32-23(29)15-5-7-17(8-6-15)27-34(30,31)19-11-20(24)33-21(19)25/h5-8,11-14,16,18,27H,3-4,9-10H2,1-2H3,(H,26,28)/t12-,13-,14+,16+,18-/m0/s1. The Hall–Kier alpha value is -1.81. The molecular formula is C23H26Cl2N2O5S2. The van der Waals surface area contributed by atoms with E-state index in [2.05, 4.69) is 10.0 Å². The number of nitrogens with one attached hydrogen (secondary N) is 2. The van der Waals surface area contributed by atoms with Gasteiger partial charge in [-0.3, -0.25) is 9.52 Å². The van der Waals surface area contributed by atoms with E-state index in [1.807, 2.05) is 6.92 Å². The summed E-state index contributed by atoms with van der Waals surface area (Å²) in [7, 11) is -3.93. The van der Waals surface area contributed by atoms with Crippen molar-refractivity contribution in [3.8, 4) is 0 Å². The molecule has 2 aromatic rings. The minimum Gasteiger partial charge on any atom is -0.449 e. The van der Waals surface area contributed by atoms with Crippen LogP contribution in [0, 0.1) is 17.8 Å². The van der Waals surface area contributed by atoms with Gasteiger partial charge >= 0.3 is 5.97 Å². The third kappa shape index (κ3) is 5.53. The molecule has 5 atom stereocenters. The molecule has 184 valence electrons. The fourth-order valence-electron chi connectivity index (χ4n) is 5.03. The summed E-state index contributed by atoms with van der Waals surface area (Å²) in [5, 5.41) is 3.01. The SMILES string of the molecule is C[C@H](OC(=O)c1ccc(NS(=O)(=O)c2cc(Cl)sc2Cl)cc1)C(=O)N[C@@H](C)[C@@H]1C[C@@H]2CC[C@@H]1C2. The third-order valence-electron chi connectivity index (χ3n) is 6.75. The predicted octanol–water partition coefficient (Wildman–Crippen LogP) is 5.34. The van der Waals surface area contributed by atoms with E-state index in [1.54, 1.807) is 6.92 Å². The molecular weight excluding hydrogens is 519 g/mol. The van der Waals surface area contributed by atoms with Gasteiger partial charge in [0.15, 0.2) is 6.10 Å². The van der Waals surface area contributed by atoms with Crippen molar-refractivity contribution in [2.45, 2.75) is 56.6 Å². The summed E-state index contributed by atoms with van der Waals surface area (Å²) in [6.07, 6.45) is 4.00. The zero-order valence-electron chi connectivity index (χ0n) is 18.7. The lowest BCUT2D eigenvalue weighted by Crippen LogP contribution is -2.45. The average Bonchev–Trinajstić information content (AvgIpc) is 3.49. The number of halogens is 2. The van der Waals surface area contributed by atoms with Crippen molar-refractivity contribution in [2.24, 2.45) is 17.8 Å². The molecule has 2 aliphatic carbocycles. The second kappa shape index (κ2) is 10.0. The number of benzene rings is 1. The first kappa shape index (κ1) is 25.3. The van der Waals surface area contributed by atoms with E-state index in [0.717, 1.165) is 23.7 Å². The molecule has 4 rings (SSSR count). The van der Waals surface area contributed by atoms with E-state index in [4.69, 9.17) is 27.9 Å². The largest absolute Gasteiger partial charge is 0.449 e. The van der Waals surface area contributed by atoms with Crippen LogP contribution < -0.4 is 10.0 Å². The number of thiophene rings is 1. The summed E-state index contributed by atoms with van der Waals surface area (Å²) in [5.74, 6) is 0.970. The number of carbonyl (C=O) groups is 2. The van der Waals surface area contributed by atoms with Crippen molar-refractivity contribution < 1.29 is 22.7 Å². The maximum absolute atomic E-state index is 12.6. The molecule has 1 aromatic heterocycles. The molecule has 11 heteroatoms. The van der Waals surface area contributed by atoms with Crippen LogP contribution in [0.2, 0.25) is 8.67 Å². The number of anilines is 1. The van der Waals surface area contributed by atoms with Crippen molar-refractivity contribution in [3.05, 3.63) is 44.6 Å². The van der Waals surface area contributed by atoms with Crippen LogP contribution in [-0.4, -0.2) is 32.4 Å². The third-order valence-corrected chi connectivity index (χ3v) is 9.88. The maximum Gasteiger partial charge on any atom is 0.338 e. The molecule has 2 fully saturated rings. The van der Waals surface area contributed by atoms with Crippen LogP contribution in [0.15, 0.2) is 35.2 Å². The van der Waals surface area contributed by atoms with Crippen LogP contribution in [0.5, 0.6) is 0 Å². The molecule has 2 N–H and O–H groups in total. The molecule has 2 aliphatic rings. The van der Waals surface area contributed by atoms with Gasteiger partial charge in [-0.15, -0.1) is 11.3 Å². The molecule has 0 radical (unpaired) electrons. The highest BCUT2D eigenvalue weighted by molar-refractivity contribution is 7.93. The summed E-state index contributed by atoms with van der Waals surface area (Å²) >= 11 is 12.7. The van der Waals surface area contributed by atoms with Crippen LogP contribution in [0.1, 0.15) is 49.9 Å². The van der Waals surface area contributed by atoms with Crippen molar-refractivity contribution in [2.75, 3.05) is 4.72 Å². The molecule has 0 saturated heterocycles. The van der Waals surface area contributed by atoms with Gasteiger partial charge in [-0.2, -0.15) is 0 Å². The summed E-state index contributed by atoms with van der Waals surface area (Å²) < 4.78 is 33.1. The van der Waals surface area contributed by atoms with Gasteiger partial charge in [-0.25, -0.2) is 13.2 Å². The number of esters is 1. The molecule has 1 aromatic carbocycles. The normalized spacial score (nSPS) is 23.4. The average molecular weight is 546 g/mol. The molecule has 0 aliphatic heterocycles. The Bertz CT molecular complexity index is 1180. The van der Waals surface area contributed by atoms with Gasteiger partial charge in [0, 0.05) is 11.7 Å². The number of ether oxygens (including phenoxy) is 1. The van der Waals surface area contributed by atoms with E-state index in [-0.39, 0.29) is 36.8 Å². The molecule has 1 heterocycles. The number of hydrogen-bond acceptors (Lipinski definition) is 6. The van der Waals surface area contributed by atoms with Crippen molar-refractivity contribution >= 4 is 62.1 Å². The Morgan fingerprint density at radius 1 is 1.12 bits per heavy atom. The van der Waals surface area contributed by atoms with Gasteiger partial charge in [0.1, 0.15) is 9.23 Å². The van der Waals surface area contributed by atoms with Gasteiger partial charge in [0.25, 0.3) is 15.9 Å². The predicted molar refractivity (Wildman–Crippen MR) is 133 cm³/mol. The molecule has 2 bridgehead atoms. The number of hydrogen-bond donors (Lipinski definition) is 2. The fourth-order valence-corrected chi connectivity index (χ4v) is 8.24. The first-order chi connectivity index (χ1) is 16.0. The number of rotatable bonds is 8. The van der Waals surface area contributed by atoms with Crippen LogP contribution in [0.3, 0.4) is 0 Å². The minimum atomic E-state index is -3.93. The highest BCUT2D eigenvalue weighted by atomic mass is 35.5. The van der Waals surface area contributed by atoms with Gasteiger partial charge in [-0.05, 0) is 81.2 Å². The number of sulfonamides is 1. The zero-order chi connectivity index (χ0) is 24.6. The van der Waals surface area contributed by atoms with Gasteiger partial charge in [0.05, 0.1) is 9.90 Å². The summed E-state index contributed by atoms with van der Waals surface area (Å²) in [5.41, 5.74) is 0.431. The molecule has 1 amide bonds. The van der Waals surface area contributed by atoms with Crippen LogP contribution in [-0.2, 0) is 19.6 Å². The Morgan fingerprint density at radius 3 is 2.38 bits per heavy atom. The van der Waals surface area contributed by atoms with Crippen molar-refractivity contribution in [1.29, 1.82) is 0 Å². The Labute approximate surface area is 213 Å². The van der Waals surface area contributed by atoms with E-state index in [0.29, 0.717) is 11.8 Å². The highest BCUT2D eigenvalue weighted by Gasteiger charge is 2.42. The van der Waals surface area contributed by atoms with Crippen LogP contribution in [0.4, 0.5) is 5.69 Å². The first-order valence-electron chi connectivity index (χ1n) is 11.1. The van der Waals surface area contributed by atoms with Crippen molar-refractivity contribution in [3.63, 3.8) is 0 Å². The van der Waals surface area contributed by atoms with E-state index >= 15 is 0 Å². The molecule has 34 heavy (non-hydrogen) atoms. The van der Waals surface area contributed by atoms with E-state index in [1.165, 1.54) is 49.6 Å². The van der Waals surface area contributed by atoms with Crippen molar-refractivity contribution in [1.82, 2.24) is 5.32 Å². The second-order valence-electron chi connectivity index (χ2n) is 9.05. The zero-order valence-corrected chi connectivity index (χ0v) is 21.9. The van der Waals surface area contributed by atoms with Gasteiger partial charge in [0.2, 0.25) is 0 Å².